The van der Waals surface area contributed by atoms with Gasteiger partial charge in [-0.3, -0.25) is 9.59 Å². The minimum atomic E-state index is -0.480. The Morgan fingerprint density at radius 1 is 0.759 bits per heavy atom. The molecular weight excluding hydrogens is 415 g/mol. The van der Waals surface area contributed by atoms with Crippen LogP contribution in [0.15, 0.2) is 58.7 Å². The lowest BCUT2D eigenvalue weighted by Gasteiger charge is -2.05. The van der Waals surface area contributed by atoms with E-state index in [1.54, 1.807) is 62.4 Å². The SMILES string of the molecule is CC(=NNC(=O)COCC(=O)NN=C(C)c1ccc(Cl)cc1)c1ccc(Cl)cc1. The molecule has 0 bridgehead atoms. The lowest BCUT2D eigenvalue weighted by molar-refractivity contribution is -0.130. The van der Waals surface area contributed by atoms with E-state index in [9.17, 15) is 9.59 Å². The van der Waals surface area contributed by atoms with Gasteiger partial charge in [0.2, 0.25) is 0 Å². The van der Waals surface area contributed by atoms with Crippen LogP contribution in [-0.4, -0.2) is 36.5 Å². The van der Waals surface area contributed by atoms with E-state index in [-0.39, 0.29) is 13.2 Å². The molecule has 0 radical (unpaired) electrons. The number of hydrazone groups is 2. The van der Waals surface area contributed by atoms with Crippen LogP contribution in [0.25, 0.3) is 0 Å². The number of rotatable bonds is 8. The van der Waals surface area contributed by atoms with Crippen molar-refractivity contribution in [3.8, 4) is 0 Å². The monoisotopic (exact) mass is 434 g/mol. The Hall–Kier alpha value is -2.74. The van der Waals surface area contributed by atoms with Crippen molar-refractivity contribution in [3.63, 3.8) is 0 Å². The molecule has 2 aromatic carbocycles. The first kappa shape index (κ1) is 22.5. The van der Waals surface area contributed by atoms with Gasteiger partial charge in [-0.05, 0) is 49.2 Å². The first-order chi connectivity index (χ1) is 13.8. The lowest BCUT2D eigenvalue weighted by Crippen LogP contribution is -2.29. The molecule has 0 atom stereocenters. The Morgan fingerprint density at radius 2 is 1.10 bits per heavy atom. The first-order valence-electron chi connectivity index (χ1n) is 8.61. The van der Waals surface area contributed by atoms with E-state index in [1.807, 2.05) is 0 Å². The van der Waals surface area contributed by atoms with Gasteiger partial charge in [-0.1, -0.05) is 47.5 Å². The van der Waals surface area contributed by atoms with Crippen LogP contribution in [-0.2, 0) is 14.3 Å². The fourth-order valence-electron chi connectivity index (χ4n) is 2.10. The number of carbonyl (C=O) groups is 2. The van der Waals surface area contributed by atoms with Crippen molar-refractivity contribution in [1.29, 1.82) is 0 Å². The van der Waals surface area contributed by atoms with Crippen molar-refractivity contribution in [2.75, 3.05) is 13.2 Å². The van der Waals surface area contributed by atoms with Crippen LogP contribution in [0.2, 0.25) is 10.0 Å². The van der Waals surface area contributed by atoms with Crippen LogP contribution in [0.4, 0.5) is 0 Å². The molecule has 2 N–H and O–H groups in total. The van der Waals surface area contributed by atoms with Crippen molar-refractivity contribution >= 4 is 46.4 Å². The van der Waals surface area contributed by atoms with Crippen molar-refractivity contribution in [1.82, 2.24) is 10.9 Å². The van der Waals surface area contributed by atoms with Gasteiger partial charge in [0, 0.05) is 10.0 Å². The Morgan fingerprint density at radius 3 is 1.45 bits per heavy atom. The zero-order valence-corrected chi connectivity index (χ0v) is 17.4. The lowest BCUT2D eigenvalue weighted by atomic mass is 10.1. The van der Waals surface area contributed by atoms with Gasteiger partial charge < -0.3 is 4.74 Å². The summed E-state index contributed by atoms with van der Waals surface area (Å²) in [5.41, 5.74) is 7.60. The van der Waals surface area contributed by atoms with E-state index in [0.29, 0.717) is 21.5 Å². The summed E-state index contributed by atoms with van der Waals surface area (Å²) in [5, 5.41) is 9.20. The molecule has 29 heavy (non-hydrogen) atoms. The number of hydrogen-bond donors (Lipinski definition) is 2. The third-order valence-corrected chi connectivity index (χ3v) is 4.19. The van der Waals surface area contributed by atoms with Crippen LogP contribution in [0.5, 0.6) is 0 Å². The Balaban J connectivity index is 1.71. The van der Waals surface area contributed by atoms with E-state index < -0.39 is 11.8 Å². The molecule has 2 aromatic rings. The number of amides is 2. The van der Waals surface area contributed by atoms with Gasteiger partial charge in [-0.2, -0.15) is 10.2 Å². The summed E-state index contributed by atoms with van der Waals surface area (Å²) in [6, 6.07) is 14.1. The van der Waals surface area contributed by atoms with E-state index in [0.717, 1.165) is 11.1 Å². The molecule has 0 aliphatic carbocycles. The number of carbonyl (C=O) groups excluding carboxylic acids is 2. The summed E-state index contributed by atoms with van der Waals surface area (Å²) in [6.07, 6.45) is 0. The minimum Gasteiger partial charge on any atom is -0.362 e. The van der Waals surface area contributed by atoms with Crippen LogP contribution in [0.1, 0.15) is 25.0 Å². The largest absolute Gasteiger partial charge is 0.362 e. The zero-order chi connectivity index (χ0) is 21.2. The topological polar surface area (TPSA) is 92.1 Å². The summed E-state index contributed by atoms with van der Waals surface area (Å²) in [5.74, 6) is -0.959. The van der Waals surface area contributed by atoms with Gasteiger partial charge in [0.1, 0.15) is 13.2 Å². The molecule has 0 aliphatic rings. The van der Waals surface area contributed by atoms with Crippen LogP contribution in [0, 0.1) is 0 Å². The summed E-state index contributed by atoms with van der Waals surface area (Å²) in [4.78, 5) is 23.5. The van der Waals surface area contributed by atoms with E-state index in [2.05, 4.69) is 21.1 Å². The third kappa shape index (κ3) is 8.03. The maximum absolute atomic E-state index is 11.8. The molecule has 9 heteroatoms. The molecule has 0 saturated heterocycles. The van der Waals surface area contributed by atoms with Gasteiger partial charge in [-0.25, -0.2) is 10.9 Å². The first-order valence-corrected chi connectivity index (χ1v) is 9.36. The van der Waals surface area contributed by atoms with Crippen LogP contribution in [0.3, 0.4) is 0 Å². The molecule has 152 valence electrons. The van der Waals surface area contributed by atoms with Gasteiger partial charge in [-0.15, -0.1) is 0 Å². The zero-order valence-electron chi connectivity index (χ0n) is 15.9. The van der Waals surface area contributed by atoms with Crippen LogP contribution < -0.4 is 10.9 Å². The summed E-state index contributed by atoms with van der Waals surface area (Å²) in [7, 11) is 0. The number of ether oxygens (including phenoxy) is 1. The second kappa shape index (κ2) is 11.3. The average Bonchev–Trinajstić information content (AvgIpc) is 2.71. The van der Waals surface area contributed by atoms with E-state index >= 15 is 0 Å². The molecule has 7 nitrogen and oxygen atoms in total. The predicted octanol–water partition coefficient (Wildman–Crippen LogP) is 3.39. The second-order valence-electron chi connectivity index (χ2n) is 5.97. The molecule has 0 fully saturated rings. The Labute approximate surface area is 178 Å². The Bertz CT molecular complexity index is 835. The third-order valence-electron chi connectivity index (χ3n) is 3.69. The highest BCUT2D eigenvalue weighted by molar-refractivity contribution is 6.31. The van der Waals surface area contributed by atoms with Crippen molar-refractivity contribution in [3.05, 3.63) is 69.7 Å². The predicted molar refractivity (Wildman–Crippen MR) is 114 cm³/mol. The molecular formula is C20H20Cl2N4O3. The summed E-state index contributed by atoms with van der Waals surface area (Å²) in [6.45, 7) is 2.87. The van der Waals surface area contributed by atoms with Crippen LogP contribution >= 0.6 is 23.2 Å². The minimum absolute atomic E-state index is 0.315. The number of benzene rings is 2. The summed E-state index contributed by atoms with van der Waals surface area (Å²) >= 11 is 11.7. The van der Waals surface area contributed by atoms with E-state index in [1.165, 1.54) is 0 Å². The second-order valence-corrected chi connectivity index (χ2v) is 6.84. The fourth-order valence-corrected chi connectivity index (χ4v) is 2.36. The maximum Gasteiger partial charge on any atom is 0.266 e. The van der Waals surface area contributed by atoms with Crippen molar-refractivity contribution < 1.29 is 14.3 Å². The molecule has 2 rings (SSSR count). The van der Waals surface area contributed by atoms with Crippen molar-refractivity contribution in [2.45, 2.75) is 13.8 Å². The van der Waals surface area contributed by atoms with Gasteiger partial charge >= 0.3 is 0 Å². The highest BCUT2D eigenvalue weighted by Crippen LogP contribution is 2.10. The molecule has 0 aliphatic heterocycles. The number of halogens is 2. The van der Waals surface area contributed by atoms with Gasteiger partial charge in [0.25, 0.3) is 11.8 Å². The maximum atomic E-state index is 11.8. The quantitative estimate of drug-likeness (QED) is 0.492. The number of hydrogen-bond acceptors (Lipinski definition) is 5. The molecule has 0 spiro atoms. The average molecular weight is 435 g/mol. The molecule has 0 saturated carbocycles. The normalized spacial score (nSPS) is 11.9. The molecule has 0 unspecified atom stereocenters. The Kier molecular flexibility index (Phi) is 8.79. The fraction of sp³-hybridized carbons (Fsp3) is 0.200. The smallest absolute Gasteiger partial charge is 0.266 e. The molecule has 0 heterocycles. The number of nitrogens with one attached hydrogen (secondary N) is 2. The highest BCUT2D eigenvalue weighted by Gasteiger charge is 2.06. The highest BCUT2D eigenvalue weighted by atomic mass is 35.5. The number of nitrogens with zero attached hydrogens (tertiary/aromatic N) is 2. The molecule has 2 amide bonds. The summed E-state index contributed by atoms with van der Waals surface area (Å²) < 4.78 is 5.07. The molecule has 0 aromatic heterocycles. The standard InChI is InChI=1S/C20H20Cl2N4O3/c1-13(15-3-7-17(21)8-4-15)23-25-19(27)11-29-12-20(28)26-24-14(2)16-5-9-18(22)10-6-16/h3-10H,11-12H2,1-2H3,(H,25,27)(H,26,28). The van der Waals surface area contributed by atoms with Crippen molar-refractivity contribution in [2.24, 2.45) is 10.2 Å². The van der Waals surface area contributed by atoms with Gasteiger partial charge in [0.15, 0.2) is 0 Å². The van der Waals surface area contributed by atoms with E-state index in [4.69, 9.17) is 27.9 Å². The van der Waals surface area contributed by atoms with Gasteiger partial charge in [0.05, 0.1) is 11.4 Å².